The molecule has 158 valence electrons. The van der Waals surface area contributed by atoms with E-state index in [0.29, 0.717) is 29.6 Å². The molecule has 8 heteroatoms. The zero-order chi connectivity index (χ0) is 21.4. The van der Waals surface area contributed by atoms with E-state index >= 15 is 0 Å². The number of amides is 1. The van der Waals surface area contributed by atoms with Crippen LogP contribution in [0.4, 0.5) is 5.69 Å². The molecule has 29 heavy (non-hydrogen) atoms. The highest BCUT2D eigenvalue weighted by molar-refractivity contribution is 7.92. The van der Waals surface area contributed by atoms with Crippen LogP contribution in [0.15, 0.2) is 53.4 Å². The zero-order valence-electron chi connectivity index (χ0n) is 17.3. The van der Waals surface area contributed by atoms with Gasteiger partial charge in [0.15, 0.2) is 0 Å². The van der Waals surface area contributed by atoms with Gasteiger partial charge < -0.3 is 10.1 Å². The fourth-order valence-electron chi connectivity index (χ4n) is 2.86. The van der Waals surface area contributed by atoms with E-state index in [9.17, 15) is 13.2 Å². The number of likely N-dealkylation sites (N-methyl/N-ethyl adjacent to an activating group) is 1. The first kappa shape index (κ1) is 22.7. The van der Waals surface area contributed by atoms with Gasteiger partial charge in [0.1, 0.15) is 5.75 Å². The molecular formula is C21H29N3O4S. The summed E-state index contributed by atoms with van der Waals surface area (Å²) in [5.74, 6) is 0.413. The predicted molar refractivity (Wildman–Crippen MR) is 115 cm³/mol. The van der Waals surface area contributed by atoms with Crippen LogP contribution in [0.2, 0.25) is 0 Å². The highest BCUT2D eigenvalue weighted by Gasteiger charge is 2.15. The van der Waals surface area contributed by atoms with Gasteiger partial charge in [-0.15, -0.1) is 0 Å². The van der Waals surface area contributed by atoms with Gasteiger partial charge in [-0.05, 0) is 68.9 Å². The van der Waals surface area contributed by atoms with Crippen molar-refractivity contribution in [3.05, 3.63) is 54.1 Å². The van der Waals surface area contributed by atoms with Crippen LogP contribution in [0.5, 0.6) is 5.75 Å². The second-order valence-corrected chi connectivity index (χ2v) is 8.52. The summed E-state index contributed by atoms with van der Waals surface area (Å²) < 4.78 is 32.6. The monoisotopic (exact) mass is 419 g/mol. The number of rotatable bonds is 10. The highest BCUT2D eigenvalue weighted by atomic mass is 32.2. The molecule has 7 nitrogen and oxygen atoms in total. The molecule has 0 fully saturated rings. The number of anilines is 1. The van der Waals surface area contributed by atoms with Gasteiger partial charge in [-0.3, -0.25) is 14.4 Å². The molecule has 0 heterocycles. The largest absolute Gasteiger partial charge is 0.497 e. The number of hydrogen-bond donors (Lipinski definition) is 2. The minimum absolute atomic E-state index is 0.0850. The lowest BCUT2D eigenvalue weighted by atomic mass is 10.2. The van der Waals surface area contributed by atoms with Crippen LogP contribution in [-0.4, -0.2) is 52.0 Å². The molecule has 0 saturated carbocycles. The van der Waals surface area contributed by atoms with E-state index in [1.165, 1.54) is 24.3 Å². The van der Waals surface area contributed by atoms with Crippen molar-refractivity contribution in [3.63, 3.8) is 0 Å². The van der Waals surface area contributed by atoms with Crippen molar-refractivity contribution in [1.82, 2.24) is 10.2 Å². The summed E-state index contributed by atoms with van der Waals surface area (Å²) in [6, 6.07) is 12.9. The summed E-state index contributed by atoms with van der Waals surface area (Å²) in [5.41, 5.74) is 0.847. The van der Waals surface area contributed by atoms with E-state index in [4.69, 9.17) is 4.74 Å². The van der Waals surface area contributed by atoms with Crippen molar-refractivity contribution >= 4 is 21.6 Å². The standard InChI is InChI=1S/C21H29N3O4S/c1-5-24(16(2)3)15-14-22-21(25)17-6-12-20(13-7-17)29(26,27)23-18-8-10-19(28-4)11-9-18/h6-13,16,23H,5,14-15H2,1-4H3,(H,22,25). The molecule has 0 aromatic heterocycles. The Labute approximate surface area is 173 Å². The van der Waals surface area contributed by atoms with Crippen LogP contribution < -0.4 is 14.8 Å². The van der Waals surface area contributed by atoms with Crippen molar-refractivity contribution in [2.75, 3.05) is 31.5 Å². The number of methoxy groups -OCH3 is 1. The van der Waals surface area contributed by atoms with Gasteiger partial charge in [-0.1, -0.05) is 6.92 Å². The fourth-order valence-corrected chi connectivity index (χ4v) is 3.91. The third-order valence-electron chi connectivity index (χ3n) is 4.59. The number of ether oxygens (including phenoxy) is 1. The maximum absolute atomic E-state index is 12.5. The molecule has 1 amide bonds. The summed E-state index contributed by atoms with van der Waals surface area (Å²) in [5, 5.41) is 2.87. The predicted octanol–water partition coefficient (Wildman–Crippen LogP) is 2.96. The quantitative estimate of drug-likeness (QED) is 0.618. The summed E-state index contributed by atoms with van der Waals surface area (Å²) in [7, 11) is -2.20. The maximum atomic E-state index is 12.5. The minimum Gasteiger partial charge on any atom is -0.497 e. The molecule has 0 unspecified atom stereocenters. The summed E-state index contributed by atoms with van der Waals surface area (Å²) in [4.78, 5) is 14.6. The molecule has 0 spiro atoms. The van der Waals surface area contributed by atoms with Crippen molar-refractivity contribution in [3.8, 4) is 5.75 Å². The third-order valence-corrected chi connectivity index (χ3v) is 5.99. The van der Waals surface area contributed by atoms with Crippen molar-refractivity contribution in [2.24, 2.45) is 0 Å². The average molecular weight is 420 g/mol. The van der Waals surface area contributed by atoms with E-state index in [1.807, 2.05) is 0 Å². The molecule has 0 aliphatic carbocycles. The van der Waals surface area contributed by atoms with E-state index in [-0.39, 0.29) is 10.8 Å². The van der Waals surface area contributed by atoms with Crippen molar-refractivity contribution < 1.29 is 17.9 Å². The van der Waals surface area contributed by atoms with Gasteiger partial charge in [-0.25, -0.2) is 8.42 Å². The lowest BCUT2D eigenvalue weighted by Crippen LogP contribution is -2.38. The van der Waals surface area contributed by atoms with Crippen LogP contribution in [0, 0.1) is 0 Å². The normalized spacial score (nSPS) is 11.5. The topological polar surface area (TPSA) is 87.7 Å². The third kappa shape index (κ3) is 6.47. The van der Waals surface area contributed by atoms with Gasteiger partial charge in [0, 0.05) is 30.4 Å². The number of sulfonamides is 1. The van der Waals surface area contributed by atoms with Crippen LogP contribution in [0.3, 0.4) is 0 Å². The summed E-state index contributed by atoms with van der Waals surface area (Å²) >= 11 is 0. The Kier molecular flexibility index (Phi) is 8.04. The fraction of sp³-hybridized carbons (Fsp3) is 0.381. The number of nitrogens with one attached hydrogen (secondary N) is 2. The summed E-state index contributed by atoms with van der Waals surface area (Å²) in [6.45, 7) is 8.53. The molecule has 0 aliphatic rings. The first-order chi connectivity index (χ1) is 13.8. The Hall–Kier alpha value is -2.58. The van der Waals surface area contributed by atoms with E-state index < -0.39 is 10.0 Å². The number of hydrogen-bond acceptors (Lipinski definition) is 5. The average Bonchev–Trinajstić information content (AvgIpc) is 2.71. The van der Waals surface area contributed by atoms with Gasteiger partial charge in [-0.2, -0.15) is 0 Å². The van der Waals surface area contributed by atoms with Gasteiger partial charge in [0.2, 0.25) is 0 Å². The Balaban J connectivity index is 1.98. The van der Waals surface area contributed by atoms with Gasteiger partial charge >= 0.3 is 0 Å². The van der Waals surface area contributed by atoms with Crippen LogP contribution in [0.25, 0.3) is 0 Å². The first-order valence-corrected chi connectivity index (χ1v) is 11.0. The van der Waals surface area contributed by atoms with Crippen molar-refractivity contribution in [2.45, 2.75) is 31.7 Å². The SMILES string of the molecule is CCN(CCNC(=O)c1ccc(S(=O)(=O)Nc2ccc(OC)cc2)cc1)C(C)C. The molecular weight excluding hydrogens is 390 g/mol. The molecule has 0 aliphatic heterocycles. The molecule has 0 bridgehead atoms. The zero-order valence-corrected chi connectivity index (χ0v) is 18.1. The minimum atomic E-state index is -3.75. The van der Waals surface area contributed by atoms with Crippen LogP contribution in [-0.2, 0) is 10.0 Å². The Morgan fingerprint density at radius 1 is 1.07 bits per heavy atom. The lowest BCUT2D eigenvalue weighted by molar-refractivity contribution is 0.0946. The molecule has 0 saturated heterocycles. The first-order valence-electron chi connectivity index (χ1n) is 9.56. The number of benzene rings is 2. The van der Waals surface area contributed by atoms with Crippen LogP contribution >= 0.6 is 0 Å². The molecule has 2 aromatic carbocycles. The Bertz CT molecular complexity index is 895. The Morgan fingerprint density at radius 2 is 1.69 bits per heavy atom. The van der Waals surface area contributed by atoms with E-state index in [2.05, 4.69) is 35.7 Å². The summed E-state index contributed by atoms with van der Waals surface area (Å²) in [6.07, 6.45) is 0. The molecule has 2 rings (SSSR count). The highest BCUT2D eigenvalue weighted by Crippen LogP contribution is 2.19. The van der Waals surface area contributed by atoms with Crippen molar-refractivity contribution in [1.29, 1.82) is 0 Å². The number of carbonyl (C=O) groups excluding carboxylic acids is 1. The maximum Gasteiger partial charge on any atom is 0.261 e. The Morgan fingerprint density at radius 3 is 2.21 bits per heavy atom. The number of nitrogens with zero attached hydrogens (tertiary/aromatic N) is 1. The van der Waals surface area contributed by atoms with E-state index in [1.54, 1.807) is 31.4 Å². The van der Waals surface area contributed by atoms with E-state index in [0.717, 1.165) is 13.1 Å². The molecule has 0 atom stereocenters. The van der Waals surface area contributed by atoms with Crippen LogP contribution in [0.1, 0.15) is 31.1 Å². The second kappa shape index (κ2) is 10.3. The molecule has 0 radical (unpaired) electrons. The van der Waals surface area contributed by atoms with Gasteiger partial charge in [0.25, 0.3) is 15.9 Å². The van der Waals surface area contributed by atoms with Gasteiger partial charge in [0.05, 0.1) is 12.0 Å². The number of carbonyl (C=O) groups is 1. The molecule has 2 aromatic rings. The smallest absolute Gasteiger partial charge is 0.261 e. The lowest BCUT2D eigenvalue weighted by Gasteiger charge is -2.24. The molecule has 2 N–H and O–H groups in total. The second-order valence-electron chi connectivity index (χ2n) is 6.84.